The monoisotopic (exact) mass is 300 g/mol. The lowest BCUT2D eigenvalue weighted by atomic mass is 10.3. The zero-order valence-electron chi connectivity index (χ0n) is 10.2. The van der Waals surface area contributed by atoms with Crippen LogP contribution in [0.25, 0.3) is 0 Å². The van der Waals surface area contributed by atoms with Gasteiger partial charge in [0.1, 0.15) is 4.90 Å². The molecule has 0 saturated heterocycles. The van der Waals surface area contributed by atoms with E-state index in [9.17, 15) is 8.42 Å². The molecule has 1 heterocycles. The van der Waals surface area contributed by atoms with Crippen LogP contribution < -0.4 is 10.5 Å². The summed E-state index contributed by atoms with van der Waals surface area (Å²) in [5.41, 5.74) is 5.98. The second-order valence-electron chi connectivity index (χ2n) is 3.85. The Morgan fingerprint density at radius 1 is 1.47 bits per heavy atom. The molecule has 0 amide bonds. The summed E-state index contributed by atoms with van der Waals surface area (Å²) in [5, 5.41) is 4.35. The fourth-order valence-electron chi connectivity index (χ4n) is 1.55. The van der Waals surface area contributed by atoms with Gasteiger partial charge in [-0.25, -0.2) is 8.42 Å². The number of rotatable bonds is 4. The minimum atomic E-state index is -3.77. The van der Waals surface area contributed by atoms with E-state index in [1.165, 1.54) is 16.9 Å². The minimum absolute atomic E-state index is 0.0311. The number of halogens is 1. The molecule has 3 N–H and O–H groups in total. The molecule has 1 aromatic carbocycles. The standard InChI is InChI=1S/C11H13ClN4O2S/c1-2-16-7-10(11(13)14-16)19(17,18)15-9-5-3-4-8(12)6-9/h3-7,15H,2H2,1H3,(H2,13,14). The van der Waals surface area contributed by atoms with Crippen LogP contribution in [0.15, 0.2) is 35.4 Å². The minimum Gasteiger partial charge on any atom is -0.381 e. The van der Waals surface area contributed by atoms with Crippen LogP contribution in [0.1, 0.15) is 6.92 Å². The Morgan fingerprint density at radius 2 is 2.21 bits per heavy atom. The summed E-state index contributed by atoms with van der Waals surface area (Å²) < 4.78 is 28.2. The van der Waals surface area contributed by atoms with Crippen molar-refractivity contribution in [3.8, 4) is 0 Å². The van der Waals surface area contributed by atoms with Gasteiger partial charge in [0.15, 0.2) is 5.82 Å². The van der Waals surface area contributed by atoms with Crippen molar-refractivity contribution in [1.29, 1.82) is 0 Å². The molecule has 102 valence electrons. The van der Waals surface area contributed by atoms with Crippen LogP contribution in [-0.2, 0) is 16.6 Å². The second-order valence-corrected chi connectivity index (χ2v) is 5.94. The highest BCUT2D eigenvalue weighted by Crippen LogP contribution is 2.22. The first-order valence-corrected chi connectivity index (χ1v) is 7.40. The van der Waals surface area contributed by atoms with Gasteiger partial charge in [-0.05, 0) is 25.1 Å². The molecular formula is C11H13ClN4O2S. The van der Waals surface area contributed by atoms with Crippen molar-refractivity contribution in [2.24, 2.45) is 0 Å². The highest BCUT2D eigenvalue weighted by Gasteiger charge is 2.21. The third-order valence-electron chi connectivity index (χ3n) is 2.45. The lowest BCUT2D eigenvalue weighted by Crippen LogP contribution is -2.13. The number of aryl methyl sites for hydroxylation is 1. The summed E-state index contributed by atoms with van der Waals surface area (Å²) in [5.74, 6) is -0.0311. The molecule has 0 fully saturated rings. The van der Waals surface area contributed by atoms with Gasteiger partial charge in [-0.3, -0.25) is 9.40 Å². The van der Waals surface area contributed by atoms with Gasteiger partial charge < -0.3 is 5.73 Å². The lowest BCUT2D eigenvalue weighted by molar-refractivity contribution is 0.600. The molecule has 0 aliphatic carbocycles. The number of sulfonamides is 1. The van der Waals surface area contributed by atoms with E-state index in [1.807, 2.05) is 6.92 Å². The van der Waals surface area contributed by atoms with Crippen LogP contribution in [-0.4, -0.2) is 18.2 Å². The summed E-state index contributed by atoms with van der Waals surface area (Å²) in [6.07, 6.45) is 1.39. The summed E-state index contributed by atoms with van der Waals surface area (Å²) in [4.78, 5) is -0.0469. The van der Waals surface area contributed by atoms with Crippen molar-refractivity contribution in [2.45, 2.75) is 18.4 Å². The van der Waals surface area contributed by atoms with E-state index in [2.05, 4.69) is 9.82 Å². The van der Waals surface area contributed by atoms with Gasteiger partial charge in [0.05, 0.1) is 5.69 Å². The van der Waals surface area contributed by atoms with Crippen LogP contribution in [0.2, 0.25) is 5.02 Å². The summed E-state index contributed by atoms with van der Waals surface area (Å²) in [6, 6.07) is 6.42. The van der Waals surface area contributed by atoms with E-state index >= 15 is 0 Å². The number of nitrogens with one attached hydrogen (secondary N) is 1. The number of anilines is 2. The van der Waals surface area contributed by atoms with Crippen molar-refractivity contribution in [3.63, 3.8) is 0 Å². The van der Waals surface area contributed by atoms with Crippen LogP contribution >= 0.6 is 11.6 Å². The van der Waals surface area contributed by atoms with Crippen molar-refractivity contribution >= 4 is 33.1 Å². The molecule has 0 saturated carbocycles. The van der Waals surface area contributed by atoms with E-state index in [4.69, 9.17) is 17.3 Å². The highest BCUT2D eigenvalue weighted by atomic mass is 35.5. The van der Waals surface area contributed by atoms with Gasteiger partial charge in [-0.1, -0.05) is 17.7 Å². The molecule has 0 spiro atoms. The molecule has 0 unspecified atom stereocenters. The molecule has 0 bridgehead atoms. The summed E-state index contributed by atoms with van der Waals surface area (Å²) in [7, 11) is -3.77. The highest BCUT2D eigenvalue weighted by molar-refractivity contribution is 7.92. The Hall–Kier alpha value is -1.73. The molecular weight excluding hydrogens is 288 g/mol. The first-order chi connectivity index (χ1) is 8.92. The third kappa shape index (κ3) is 2.99. The molecule has 8 heteroatoms. The molecule has 0 atom stereocenters. The van der Waals surface area contributed by atoms with Gasteiger partial charge in [0.25, 0.3) is 10.0 Å². The zero-order chi connectivity index (χ0) is 14.0. The van der Waals surface area contributed by atoms with Gasteiger partial charge in [0.2, 0.25) is 0 Å². The predicted molar refractivity (Wildman–Crippen MR) is 74.6 cm³/mol. The topological polar surface area (TPSA) is 90.0 Å². The maximum absolute atomic E-state index is 12.2. The number of hydrogen-bond acceptors (Lipinski definition) is 4. The molecule has 19 heavy (non-hydrogen) atoms. The van der Waals surface area contributed by atoms with E-state index in [-0.39, 0.29) is 10.7 Å². The van der Waals surface area contributed by atoms with Crippen molar-refractivity contribution < 1.29 is 8.42 Å². The molecule has 0 radical (unpaired) electrons. The number of aromatic nitrogens is 2. The number of hydrogen-bond donors (Lipinski definition) is 2. The Balaban J connectivity index is 2.34. The number of benzene rings is 1. The Labute approximate surface area is 116 Å². The Kier molecular flexibility index (Phi) is 3.68. The SMILES string of the molecule is CCn1cc(S(=O)(=O)Nc2cccc(Cl)c2)c(N)n1. The van der Waals surface area contributed by atoms with Crippen LogP contribution in [0.4, 0.5) is 11.5 Å². The average Bonchev–Trinajstić information content (AvgIpc) is 2.71. The maximum Gasteiger partial charge on any atom is 0.267 e. The molecule has 0 aliphatic heterocycles. The van der Waals surface area contributed by atoms with Crippen LogP contribution in [0, 0.1) is 0 Å². The first-order valence-electron chi connectivity index (χ1n) is 5.53. The molecule has 0 aliphatic rings. The molecule has 1 aromatic heterocycles. The fourth-order valence-corrected chi connectivity index (χ4v) is 2.86. The van der Waals surface area contributed by atoms with E-state index in [0.29, 0.717) is 17.3 Å². The quantitative estimate of drug-likeness (QED) is 0.903. The summed E-state index contributed by atoms with van der Waals surface area (Å²) >= 11 is 5.80. The zero-order valence-corrected chi connectivity index (χ0v) is 11.7. The number of nitrogens with two attached hydrogens (primary N) is 1. The smallest absolute Gasteiger partial charge is 0.267 e. The number of nitrogens with zero attached hydrogens (tertiary/aromatic N) is 2. The van der Waals surface area contributed by atoms with E-state index in [0.717, 1.165) is 0 Å². The Bertz CT molecular complexity index is 696. The van der Waals surface area contributed by atoms with E-state index < -0.39 is 10.0 Å². The fraction of sp³-hybridized carbons (Fsp3) is 0.182. The number of nitrogen functional groups attached to an aromatic ring is 1. The molecule has 2 aromatic rings. The second kappa shape index (κ2) is 5.10. The maximum atomic E-state index is 12.2. The van der Waals surface area contributed by atoms with Crippen LogP contribution in [0.3, 0.4) is 0 Å². The largest absolute Gasteiger partial charge is 0.381 e. The Morgan fingerprint density at radius 3 is 2.79 bits per heavy atom. The third-order valence-corrected chi connectivity index (χ3v) is 4.08. The van der Waals surface area contributed by atoms with Gasteiger partial charge in [-0.2, -0.15) is 5.10 Å². The van der Waals surface area contributed by atoms with Gasteiger partial charge in [-0.15, -0.1) is 0 Å². The van der Waals surface area contributed by atoms with Crippen LogP contribution in [0.5, 0.6) is 0 Å². The van der Waals surface area contributed by atoms with E-state index in [1.54, 1.807) is 18.2 Å². The normalized spacial score (nSPS) is 11.5. The predicted octanol–water partition coefficient (Wildman–Crippen LogP) is 1.94. The first kappa shape index (κ1) is 13.7. The van der Waals surface area contributed by atoms with Crippen molar-refractivity contribution in [1.82, 2.24) is 9.78 Å². The van der Waals surface area contributed by atoms with Crippen molar-refractivity contribution in [2.75, 3.05) is 10.5 Å². The average molecular weight is 301 g/mol. The van der Waals surface area contributed by atoms with Gasteiger partial charge >= 0.3 is 0 Å². The lowest BCUT2D eigenvalue weighted by Gasteiger charge is -2.06. The van der Waals surface area contributed by atoms with Crippen molar-refractivity contribution in [3.05, 3.63) is 35.5 Å². The molecule has 2 rings (SSSR count). The molecule has 6 nitrogen and oxygen atoms in total. The van der Waals surface area contributed by atoms with Gasteiger partial charge in [0, 0.05) is 17.8 Å². The summed E-state index contributed by atoms with van der Waals surface area (Å²) in [6.45, 7) is 2.38.